The lowest BCUT2D eigenvalue weighted by atomic mass is 9.82. The molecule has 1 heterocycles. The molecule has 1 saturated heterocycles. The van der Waals surface area contributed by atoms with Gasteiger partial charge in [0.25, 0.3) is 11.8 Å². The first-order chi connectivity index (χ1) is 12.9. The zero-order chi connectivity index (χ0) is 19.4. The maximum absolute atomic E-state index is 12.6. The second-order valence-corrected chi connectivity index (χ2v) is 7.12. The van der Waals surface area contributed by atoms with Gasteiger partial charge in [-0.25, -0.2) is 4.79 Å². The second kappa shape index (κ2) is 7.96. The molecule has 0 radical (unpaired) electrons. The molecule has 1 spiro atoms. The molecule has 144 valence electrons. The highest BCUT2D eigenvalue weighted by Crippen LogP contribution is 2.33. The van der Waals surface area contributed by atoms with Crippen molar-refractivity contribution in [2.75, 3.05) is 18.5 Å². The van der Waals surface area contributed by atoms with Gasteiger partial charge in [-0.1, -0.05) is 30.9 Å². The van der Waals surface area contributed by atoms with Gasteiger partial charge in [-0.3, -0.25) is 19.3 Å². The third-order valence-electron chi connectivity index (χ3n) is 4.73. The Morgan fingerprint density at radius 1 is 1.15 bits per heavy atom. The number of benzene rings is 1. The molecule has 1 aromatic rings. The number of urea groups is 1. The third kappa shape index (κ3) is 4.39. The van der Waals surface area contributed by atoms with E-state index in [-0.39, 0.29) is 0 Å². The quantitative estimate of drug-likeness (QED) is 0.588. The maximum Gasteiger partial charge on any atom is 0.326 e. The summed E-state index contributed by atoms with van der Waals surface area (Å²) in [7, 11) is 0. The Kier molecular flexibility index (Phi) is 5.65. The van der Waals surface area contributed by atoms with Crippen LogP contribution in [0.1, 0.15) is 32.1 Å². The summed E-state index contributed by atoms with van der Waals surface area (Å²) in [6.45, 7) is -1.03. The van der Waals surface area contributed by atoms with E-state index in [0.717, 1.165) is 24.2 Å². The largest absolute Gasteiger partial charge is 0.454 e. The molecule has 4 amide bonds. The van der Waals surface area contributed by atoms with E-state index < -0.39 is 42.5 Å². The van der Waals surface area contributed by atoms with Gasteiger partial charge in [0.1, 0.15) is 12.1 Å². The van der Waals surface area contributed by atoms with Gasteiger partial charge in [-0.2, -0.15) is 0 Å². The lowest BCUT2D eigenvalue weighted by molar-refractivity contribution is -0.150. The fourth-order valence-corrected chi connectivity index (χ4v) is 3.49. The monoisotopic (exact) mass is 393 g/mol. The maximum atomic E-state index is 12.6. The number of hydrogen-bond acceptors (Lipinski definition) is 5. The minimum absolute atomic E-state index is 0.394. The highest BCUT2D eigenvalue weighted by Gasteiger charge is 2.51. The van der Waals surface area contributed by atoms with Gasteiger partial charge >= 0.3 is 12.0 Å². The van der Waals surface area contributed by atoms with Crippen molar-refractivity contribution >= 4 is 41.1 Å². The Hall–Kier alpha value is -2.61. The number of nitrogens with zero attached hydrogens (tertiary/aromatic N) is 1. The van der Waals surface area contributed by atoms with Crippen LogP contribution in [0.25, 0.3) is 0 Å². The number of ether oxygens (including phenoxy) is 1. The van der Waals surface area contributed by atoms with Gasteiger partial charge in [0.2, 0.25) is 0 Å². The predicted molar refractivity (Wildman–Crippen MR) is 97.1 cm³/mol. The number of nitrogens with one attached hydrogen (secondary N) is 2. The summed E-state index contributed by atoms with van der Waals surface area (Å²) in [5.74, 6) is -1.75. The number of hydrogen-bond donors (Lipinski definition) is 2. The topological polar surface area (TPSA) is 105 Å². The highest BCUT2D eigenvalue weighted by molar-refractivity contribution is 6.30. The SMILES string of the molecule is O=C(COC(=O)CN1C(=O)NC2(CCCCC2)C1=O)Nc1ccc(Cl)cc1. The van der Waals surface area contributed by atoms with Crippen molar-refractivity contribution in [2.24, 2.45) is 0 Å². The molecule has 3 rings (SSSR count). The van der Waals surface area contributed by atoms with Crippen LogP contribution in [0.5, 0.6) is 0 Å². The number of amides is 4. The van der Waals surface area contributed by atoms with Crippen LogP contribution >= 0.6 is 11.6 Å². The van der Waals surface area contributed by atoms with Crippen molar-refractivity contribution in [1.82, 2.24) is 10.2 Å². The van der Waals surface area contributed by atoms with Crippen molar-refractivity contribution in [2.45, 2.75) is 37.6 Å². The van der Waals surface area contributed by atoms with E-state index in [9.17, 15) is 19.2 Å². The summed E-state index contributed by atoms with van der Waals surface area (Å²) in [6, 6.07) is 5.85. The van der Waals surface area contributed by atoms with Gasteiger partial charge in [0, 0.05) is 10.7 Å². The molecule has 0 unspecified atom stereocenters. The minimum atomic E-state index is -0.887. The smallest absolute Gasteiger partial charge is 0.326 e. The first-order valence-corrected chi connectivity index (χ1v) is 9.13. The first-order valence-electron chi connectivity index (χ1n) is 8.75. The first kappa shape index (κ1) is 19.2. The number of esters is 1. The number of anilines is 1. The Labute approximate surface area is 161 Å². The van der Waals surface area contributed by atoms with Gasteiger partial charge in [0.15, 0.2) is 6.61 Å². The van der Waals surface area contributed by atoms with Crippen LogP contribution in [0.15, 0.2) is 24.3 Å². The van der Waals surface area contributed by atoms with E-state index >= 15 is 0 Å². The van der Waals surface area contributed by atoms with Crippen LogP contribution in [0.4, 0.5) is 10.5 Å². The van der Waals surface area contributed by atoms with Crippen LogP contribution in [-0.4, -0.2) is 47.4 Å². The van der Waals surface area contributed by atoms with Gasteiger partial charge < -0.3 is 15.4 Å². The number of carbonyl (C=O) groups excluding carboxylic acids is 4. The summed E-state index contributed by atoms with van der Waals surface area (Å²) in [6.07, 6.45) is 3.89. The minimum Gasteiger partial charge on any atom is -0.454 e. The molecule has 1 aromatic carbocycles. The highest BCUT2D eigenvalue weighted by atomic mass is 35.5. The third-order valence-corrected chi connectivity index (χ3v) is 4.98. The van der Waals surface area contributed by atoms with Crippen LogP contribution in [-0.2, 0) is 19.1 Å². The van der Waals surface area contributed by atoms with Crippen LogP contribution in [0, 0.1) is 0 Å². The van der Waals surface area contributed by atoms with E-state index in [4.69, 9.17) is 16.3 Å². The summed E-state index contributed by atoms with van der Waals surface area (Å²) >= 11 is 5.76. The average molecular weight is 394 g/mol. The van der Waals surface area contributed by atoms with Crippen LogP contribution in [0.3, 0.4) is 0 Å². The van der Waals surface area contributed by atoms with Crippen molar-refractivity contribution in [1.29, 1.82) is 0 Å². The van der Waals surface area contributed by atoms with Crippen molar-refractivity contribution in [3.05, 3.63) is 29.3 Å². The van der Waals surface area contributed by atoms with E-state index in [1.165, 1.54) is 0 Å². The Bertz CT molecular complexity index is 759. The van der Waals surface area contributed by atoms with Crippen molar-refractivity contribution in [3.8, 4) is 0 Å². The molecule has 1 saturated carbocycles. The lowest BCUT2D eigenvalue weighted by Crippen LogP contribution is -2.48. The molecule has 1 aliphatic heterocycles. The number of halogens is 1. The number of rotatable bonds is 5. The average Bonchev–Trinajstić information content (AvgIpc) is 2.86. The predicted octanol–water partition coefficient (Wildman–Crippen LogP) is 2.08. The molecule has 2 N–H and O–H groups in total. The zero-order valence-electron chi connectivity index (χ0n) is 14.6. The molecule has 0 aromatic heterocycles. The van der Waals surface area contributed by atoms with Gasteiger partial charge in [-0.05, 0) is 37.1 Å². The fourth-order valence-electron chi connectivity index (χ4n) is 3.37. The Balaban J connectivity index is 1.49. The summed E-state index contributed by atoms with van der Waals surface area (Å²) in [4.78, 5) is 49.3. The van der Waals surface area contributed by atoms with Crippen molar-refractivity contribution in [3.63, 3.8) is 0 Å². The molecule has 2 aliphatic rings. The van der Waals surface area contributed by atoms with Crippen molar-refractivity contribution < 1.29 is 23.9 Å². The van der Waals surface area contributed by atoms with Gasteiger partial charge in [0.05, 0.1) is 0 Å². The molecular formula is C18H20ClN3O5. The van der Waals surface area contributed by atoms with Gasteiger partial charge in [-0.15, -0.1) is 0 Å². The van der Waals surface area contributed by atoms with E-state index in [2.05, 4.69) is 10.6 Å². The number of carbonyl (C=O) groups is 4. The van der Waals surface area contributed by atoms with E-state index in [1.807, 2.05) is 0 Å². The lowest BCUT2D eigenvalue weighted by Gasteiger charge is -2.30. The number of imide groups is 1. The molecule has 8 nitrogen and oxygen atoms in total. The summed E-state index contributed by atoms with van der Waals surface area (Å²) in [5, 5.41) is 5.79. The summed E-state index contributed by atoms with van der Waals surface area (Å²) in [5.41, 5.74) is -0.379. The molecule has 0 atom stereocenters. The van der Waals surface area contributed by atoms with Crippen LogP contribution in [0.2, 0.25) is 5.02 Å². The standard InChI is InChI=1S/C18H20ClN3O5/c19-12-4-6-13(7-5-12)20-14(23)11-27-15(24)10-22-16(25)18(21-17(22)26)8-2-1-3-9-18/h4-7H,1-3,8-11H2,(H,20,23)(H,21,26). The molecule has 1 aliphatic carbocycles. The molecule has 27 heavy (non-hydrogen) atoms. The normalized spacial score (nSPS) is 18.3. The van der Waals surface area contributed by atoms with Crippen LogP contribution < -0.4 is 10.6 Å². The second-order valence-electron chi connectivity index (χ2n) is 6.68. The molecular weight excluding hydrogens is 374 g/mol. The molecule has 0 bridgehead atoms. The van der Waals surface area contributed by atoms with E-state index in [1.54, 1.807) is 24.3 Å². The Morgan fingerprint density at radius 3 is 2.48 bits per heavy atom. The Morgan fingerprint density at radius 2 is 1.81 bits per heavy atom. The fraction of sp³-hybridized carbons (Fsp3) is 0.444. The molecule has 2 fully saturated rings. The molecule has 9 heteroatoms. The summed E-state index contributed by atoms with van der Waals surface area (Å²) < 4.78 is 4.88. The van der Waals surface area contributed by atoms with E-state index in [0.29, 0.717) is 23.6 Å². The zero-order valence-corrected chi connectivity index (χ0v) is 15.4.